The molecular formula is C16H23ClFN3O2S. The van der Waals surface area contributed by atoms with Crippen LogP contribution in [0.2, 0.25) is 0 Å². The van der Waals surface area contributed by atoms with E-state index in [0.717, 1.165) is 6.54 Å². The Morgan fingerprint density at radius 3 is 2.79 bits per heavy atom. The molecule has 0 aliphatic carbocycles. The molecule has 1 heterocycles. The second-order valence-corrected chi connectivity index (χ2v) is 6.56. The summed E-state index contributed by atoms with van der Waals surface area (Å²) in [6.07, 6.45) is 0.331. The van der Waals surface area contributed by atoms with Crippen molar-refractivity contribution in [3.8, 4) is 0 Å². The highest BCUT2D eigenvalue weighted by Gasteiger charge is 2.32. The molecule has 0 bridgehead atoms. The van der Waals surface area contributed by atoms with E-state index in [4.69, 9.17) is 0 Å². The number of halogens is 2. The zero-order chi connectivity index (χ0) is 16.7. The van der Waals surface area contributed by atoms with Crippen LogP contribution in [0.5, 0.6) is 0 Å². The Balaban J connectivity index is 0.00000288. The fourth-order valence-electron chi connectivity index (χ4n) is 2.32. The molecule has 1 aromatic carbocycles. The second kappa shape index (κ2) is 10.5. The first-order chi connectivity index (χ1) is 11.1. The number of carbonyl (C=O) groups is 2. The molecule has 1 aliphatic rings. The maximum atomic E-state index is 13.7. The quantitative estimate of drug-likeness (QED) is 0.624. The summed E-state index contributed by atoms with van der Waals surface area (Å²) in [7, 11) is 0. The topological polar surface area (TPSA) is 70.2 Å². The molecule has 0 aromatic heterocycles. The predicted octanol–water partition coefficient (Wildman–Crippen LogP) is 1.12. The molecule has 0 spiro atoms. The minimum atomic E-state index is -0.522. The summed E-state index contributed by atoms with van der Waals surface area (Å²) in [5, 5.41) is 8.27. The van der Waals surface area contributed by atoms with E-state index in [1.54, 1.807) is 18.2 Å². The third kappa shape index (κ3) is 5.96. The SMILES string of the molecule is CCNCCNC(=O)C1CSC(Cc2ccccc2F)C(=O)N1.Cl. The van der Waals surface area contributed by atoms with E-state index in [-0.39, 0.29) is 35.3 Å². The van der Waals surface area contributed by atoms with E-state index in [2.05, 4.69) is 16.0 Å². The molecule has 1 saturated heterocycles. The van der Waals surface area contributed by atoms with Crippen molar-refractivity contribution >= 4 is 36.0 Å². The maximum absolute atomic E-state index is 13.7. The van der Waals surface area contributed by atoms with Gasteiger partial charge in [0.1, 0.15) is 11.9 Å². The van der Waals surface area contributed by atoms with E-state index in [1.165, 1.54) is 17.8 Å². The van der Waals surface area contributed by atoms with Crippen LogP contribution in [0.25, 0.3) is 0 Å². The minimum Gasteiger partial charge on any atom is -0.353 e. The Labute approximate surface area is 151 Å². The molecule has 1 aliphatic heterocycles. The van der Waals surface area contributed by atoms with Crippen molar-refractivity contribution in [1.29, 1.82) is 0 Å². The molecular weight excluding hydrogens is 353 g/mol. The van der Waals surface area contributed by atoms with Crippen molar-refractivity contribution in [2.45, 2.75) is 24.6 Å². The van der Waals surface area contributed by atoms with Gasteiger partial charge in [0, 0.05) is 18.8 Å². The lowest BCUT2D eigenvalue weighted by Gasteiger charge is -2.28. The monoisotopic (exact) mass is 375 g/mol. The van der Waals surface area contributed by atoms with Crippen LogP contribution in [-0.2, 0) is 16.0 Å². The molecule has 134 valence electrons. The highest BCUT2D eigenvalue weighted by Crippen LogP contribution is 2.23. The minimum absolute atomic E-state index is 0. The molecule has 24 heavy (non-hydrogen) atoms. The van der Waals surface area contributed by atoms with Gasteiger partial charge in [-0.3, -0.25) is 9.59 Å². The van der Waals surface area contributed by atoms with E-state index >= 15 is 0 Å². The number of rotatable bonds is 7. The molecule has 0 saturated carbocycles. The standard InChI is InChI=1S/C16H22FN3O2S.ClH/c1-2-18-7-8-19-15(21)13-10-23-14(16(22)20-13)9-11-5-3-4-6-12(11)17;/h3-6,13-14,18H,2,7-10H2,1H3,(H,19,21)(H,20,22);1H. The van der Waals surface area contributed by atoms with Gasteiger partial charge in [0.05, 0.1) is 5.25 Å². The average Bonchev–Trinajstić information content (AvgIpc) is 2.55. The third-order valence-corrected chi connectivity index (χ3v) is 4.91. The molecule has 2 amide bonds. The molecule has 2 atom stereocenters. The van der Waals surface area contributed by atoms with Crippen LogP contribution in [0.4, 0.5) is 4.39 Å². The summed E-state index contributed by atoms with van der Waals surface area (Å²) in [6, 6.07) is 5.93. The number of likely N-dealkylation sites (N-methyl/N-ethyl adjacent to an activating group) is 1. The van der Waals surface area contributed by atoms with Crippen LogP contribution in [0.3, 0.4) is 0 Å². The molecule has 2 unspecified atom stereocenters. The number of amides is 2. The second-order valence-electron chi connectivity index (χ2n) is 5.32. The zero-order valence-electron chi connectivity index (χ0n) is 13.5. The lowest BCUT2D eigenvalue weighted by atomic mass is 10.1. The smallest absolute Gasteiger partial charge is 0.243 e. The van der Waals surface area contributed by atoms with Crippen LogP contribution < -0.4 is 16.0 Å². The number of hydrogen-bond acceptors (Lipinski definition) is 4. The van der Waals surface area contributed by atoms with Gasteiger partial charge in [-0.1, -0.05) is 25.1 Å². The molecule has 1 aromatic rings. The van der Waals surface area contributed by atoms with E-state index in [9.17, 15) is 14.0 Å². The van der Waals surface area contributed by atoms with Gasteiger partial charge in [0.2, 0.25) is 11.8 Å². The van der Waals surface area contributed by atoms with Gasteiger partial charge in [-0.15, -0.1) is 24.2 Å². The lowest BCUT2D eigenvalue weighted by molar-refractivity contribution is -0.128. The van der Waals surface area contributed by atoms with Crippen molar-refractivity contribution in [2.24, 2.45) is 0 Å². The highest BCUT2D eigenvalue weighted by molar-refractivity contribution is 8.00. The average molecular weight is 376 g/mol. The molecule has 2 rings (SSSR count). The first kappa shape index (κ1) is 20.7. The zero-order valence-corrected chi connectivity index (χ0v) is 15.1. The summed E-state index contributed by atoms with van der Waals surface area (Å²) < 4.78 is 13.7. The van der Waals surface area contributed by atoms with Crippen LogP contribution in [0, 0.1) is 5.82 Å². The van der Waals surface area contributed by atoms with Crippen molar-refractivity contribution in [2.75, 3.05) is 25.4 Å². The molecule has 1 fully saturated rings. The Morgan fingerprint density at radius 1 is 1.38 bits per heavy atom. The Bertz CT molecular complexity index is 562. The summed E-state index contributed by atoms with van der Waals surface area (Å²) in [5.41, 5.74) is 0.522. The van der Waals surface area contributed by atoms with E-state index < -0.39 is 6.04 Å². The van der Waals surface area contributed by atoms with Crippen LogP contribution in [0.15, 0.2) is 24.3 Å². The number of hydrogen-bond donors (Lipinski definition) is 3. The van der Waals surface area contributed by atoms with Gasteiger partial charge in [-0.2, -0.15) is 0 Å². The summed E-state index contributed by atoms with van der Waals surface area (Å²) in [4.78, 5) is 24.2. The lowest BCUT2D eigenvalue weighted by Crippen LogP contribution is -2.55. The first-order valence-corrected chi connectivity index (χ1v) is 8.80. The highest BCUT2D eigenvalue weighted by atomic mass is 35.5. The van der Waals surface area contributed by atoms with Crippen LogP contribution in [0.1, 0.15) is 12.5 Å². The van der Waals surface area contributed by atoms with Crippen LogP contribution >= 0.6 is 24.2 Å². The van der Waals surface area contributed by atoms with Gasteiger partial charge in [-0.05, 0) is 24.6 Å². The normalized spacial score (nSPS) is 20.0. The largest absolute Gasteiger partial charge is 0.353 e. The molecule has 3 N–H and O–H groups in total. The van der Waals surface area contributed by atoms with Gasteiger partial charge >= 0.3 is 0 Å². The van der Waals surface area contributed by atoms with E-state index in [0.29, 0.717) is 30.8 Å². The summed E-state index contributed by atoms with van der Waals surface area (Å²) >= 11 is 1.40. The summed E-state index contributed by atoms with van der Waals surface area (Å²) in [5.74, 6) is -0.189. The predicted molar refractivity (Wildman–Crippen MR) is 97.1 cm³/mol. The molecule has 5 nitrogen and oxygen atoms in total. The van der Waals surface area contributed by atoms with Gasteiger partial charge in [0.25, 0.3) is 0 Å². The van der Waals surface area contributed by atoms with E-state index in [1.807, 2.05) is 6.92 Å². The maximum Gasteiger partial charge on any atom is 0.243 e. The Kier molecular flexibility index (Phi) is 9.10. The van der Waals surface area contributed by atoms with Gasteiger partial charge in [0.15, 0.2) is 0 Å². The van der Waals surface area contributed by atoms with Crippen LogP contribution in [-0.4, -0.2) is 48.5 Å². The first-order valence-electron chi connectivity index (χ1n) is 7.75. The van der Waals surface area contributed by atoms with Crippen molar-refractivity contribution in [1.82, 2.24) is 16.0 Å². The fourth-order valence-corrected chi connectivity index (χ4v) is 3.50. The number of nitrogens with one attached hydrogen (secondary N) is 3. The van der Waals surface area contributed by atoms with Gasteiger partial charge in [-0.25, -0.2) is 4.39 Å². The Hall–Kier alpha value is -1.31. The van der Waals surface area contributed by atoms with Crippen molar-refractivity contribution in [3.63, 3.8) is 0 Å². The number of benzene rings is 1. The number of thioether (sulfide) groups is 1. The third-order valence-electron chi connectivity index (χ3n) is 3.60. The van der Waals surface area contributed by atoms with Crippen molar-refractivity contribution < 1.29 is 14.0 Å². The van der Waals surface area contributed by atoms with Gasteiger partial charge < -0.3 is 16.0 Å². The summed E-state index contributed by atoms with van der Waals surface area (Å²) in [6.45, 7) is 4.08. The van der Waals surface area contributed by atoms with Crippen molar-refractivity contribution in [3.05, 3.63) is 35.6 Å². The molecule has 8 heteroatoms. The fraction of sp³-hybridized carbons (Fsp3) is 0.500. The molecule has 0 radical (unpaired) electrons. The Morgan fingerprint density at radius 2 is 2.12 bits per heavy atom. The number of carbonyl (C=O) groups excluding carboxylic acids is 2.